The Kier molecular flexibility index (Phi) is 6.19. The van der Waals surface area contributed by atoms with Crippen LogP contribution >= 0.6 is 24.0 Å². The highest BCUT2D eigenvalue weighted by Gasteiger charge is 2.18. The molecule has 1 unspecified atom stereocenters. The summed E-state index contributed by atoms with van der Waals surface area (Å²) in [7, 11) is 0. The molecule has 0 amide bonds. The van der Waals surface area contributed by atoms with Gasteiger partial charge in [-0.15, -0.1) is 11.8 Å². The fourth-order valence-electron chi connectivity index (χ4n) is 3.11. The summed E-state index contributed by atoms with van der Waals surface area (Å²) in [4.78, 5) is 23.8. The number of hydrogen-bond acceptors (Lipinski definition) is 4. The second-order valence-corrected chi connectivity index (χ2v) is 8.48. The van der Waals surface area contributed by atoms with Crippen LogP contribution in [-0.2, 0) is 4.79 Å². The fraction of sp³-hybridized carbons (Fsp3) is 0.174. The van der Waals surface area contributed by atoms with Gasteiger partial charge < -0.3 is 0 Å². The number of fused-ring (bicyclic) bond motifs is 1. The lowest BCUT2D eigenvalue weighted by atomic mass is 9.94. The van der Waals surface area contributed by atoms with Crippen LogP contribution < -0.4 is 0 Å². The van der Waals surface area contributed by atoms with Gasteiger partial charge in [-0.2, -0.15) is 0 Å². The van der Waals surface area contributed by atoms with Crippen LogP contribution in [0.1, 0.15) is 47.0 Å². The van der Waals surface area contributed by atoms with Gasteiger partial charge >= 0.3 is 0 Å². The van der Waals surface area contributed by atoms with E-state index in [-0.39, 0.29) is 23.2 Å². The molecular formula is C23H20O2S2. The van der Waals surface area contributed by atoms with Crippen LogP contribution in [0.25, 0.3) is 10.8 Å². The lowest BCUT2D eigenvalue weighted by Gasteiger charge is -2.17. The zero-order valence-corrected chi connectivity index (χ0v) is 16.9. The van der Waals surface area contributed by atoms with Crippen LogP contribution in [0.4, 0.5) is 0 Å². The molecule has 0 aromatic heterocycles. The summed E-state index contributed by atoms with van der Waals surface area (Å²) in [6.07, 6.45) is -0.0638. The quantitative estimate of drug-likeness (QED) is 0.285. The zero-order valence-electron chi connectivity index (χ0n) is 15.3. The van der Waals surface area contributed by atoms with Gasteiger partial charge in [0.2, 0.25) is 0 Å². The number of rotatable bonds is 6. The van der Waals surface area contributed by atoms with Crippen molar-refractivity contribution in [1.82, 2.24) is 0 Å². The van der Waals surface area contributed by atoms with Crippen molar-refractivity contribution < 1.29 is 9.59 Å². The molecule has 3 rings (SSSR count). The molecule has 3 aromatic rings. The Bertz CT molecular complexity index is 1010. The first-order valence-corrected chi connectivity index (χ1v) is 10.1. The highest BCUT2D eigenvalue weighted by Crippen LogP contribution is 2.37. The third kappa shape index (κ3) is 4.52. The van der Waals surface area contributed by atoms with Crippen molar-refractivity contribution in [2.45, 2.75) is 25.5 Å². The molecule has 2 nitrogen and oxygen atoms in total. The standard InChI is InChI=1S/C23H20O2S2/c1-15(24)14-22(25)21-13-12-18(19-10-6-7-11-20(19)21)16(2)27-23(26)17-8-4-3-5-9-17/h3-13,16H,14H2,1-2H3. The highest BCUT2D eigenvalue weighted by atomic mass is 32.2. The van der Waals surface area contributed by atoms with E-state index in [2.05, 4.69) is 6.92 Å². The van der Waals surface area contributed by atoms with E-state index in [1.54, 1.807) is 11.8 Å². The highest BCUT2D eigenvalue weighted by molar-refractivity contribution is 8.23. The molecule has 0 radical (unpaired) electrons. The molecule has 0 N–H and O–H groups in total. The summed E-state index contributed by atoms with van der Waals surface area (Å²) < 4.78 is 0.851. The molecule has 0 saturated carbocycles. The average molecular weight is 393 g/mol. The van der Waals surface area contributed by atoms with E-state index in [9.17, 15) is 9.59 Å². The van der Waals surface area contributed by atoms with Crippen molar-refractivity contribution in [3.63, 3.8) is 0 Å². The van der Waals surface area contributed by atoms with Crippen molar-refractivity contribution in [3.8, 4) is 0 Å². The number of benzene rings is 3. The summed E-state index contributed by atoms with van der Waals surface area (Å²) in [5, 5.41) is 2.06. The van der Waals surface area contributed by atoms with Gasteiger partial charge in [0.25, 0.3) is 0 Å². The van der Waals surface area contributed by atoms with E-state index in [4.69, 9.17) is 12.2 Å². The van der Waals surface area contributed by atoms with Crippen molar-refractivity contribution in [2.75, 3.05) is 0 Å². The van der Waals surface area contributed by atoms with Crippen LogP contribution in [0.5, 0.6) is 0 Å². The van der Waals surface area contributed by atoms with Crippen molar-refractivity contribution in [2.24, 2.45) is 0 Å². The topological polar surface area (TPSA) is 34.1 Å². The third-order valence-electron chi connectivity index (χ3n) is 4.40. The van der Waals surface area contributed by atoms with Gasteiger partial charge in [0.15, 0.2) is 5.78 Å². The van der Waals surface area contributed by atoms with E-state index in [1.807, 2.05) is 66.7 Å². The predicted molar refractivity (Wildman–Crippen MR) is 118 cm³/mol. The molecule has 0 aliphatic rings. The zero-order chi connectivity index (χ0) is 19.4. The van der Waals surface area contributed by atoms with Gasteiger partial charge in [0.1, 0.15) is 5.78 Å². The Labute approximate surface area is 169 Å². The SMILES string of the molecule is CC(=O)CC(=O)c1ccc(C(C)SC(=S)c2ccccc2)c2ccccc12. The lowest BCUT2D eigenvalue weighted by molar-refractivity contribution is -0.116. The number of thioether (sulfide) groups is 1. The fourth-order valence-corrected chi connectivity index (χ4v) is 4.60. The Morgan fingerprint density at radius 1 is 0.926 bits per heavy atom. The van der Waals surface area contributed by atoms with Crippen molar-refractivity contribution in [1.29, 1.82) is 0 Å². The number of hydrogen-bond donors (Lipinski definition) is 0. The first kappa shape index (κ1) is 19.5. The van der Waals surface area contributed by atoms with E-state index < -0.39 is 0 Å². The number of Topliss-reactive ketones (excluding diaryl/α,β-unsaturated/α-hetero) is 2. The molecule has 0 bridgehead atoms. The second-order valence-electron chi connectivity index (χ2n) is 6.46. The summed E-state index contributed by atoms with van der Waals surface area (Å²) in [5.41, 5.74) is 2.78. The minimum atomic E-state index is -0.134. The van der Waals surface area contributed by atoms with Gasteiger partial charge in [0, 0.05) is 10.8 Å². The predicted octanol–water partition coefficient (Wildman–Crippen LogP) is 6.17. The van der Waals surface area contributed by atoms with Crippen LogP contribution in [0.2, 0.25) is 0 Å². The maximum atomic E-state index is 12.5. The summed E-state index contributed by atoms with van der Waals surface area (Å²) in [6.45, 7) is 3.57. The lowest BCUT2D eigenvalue weighted by Crippen LogP contribution is -2.06. The Hall–Kier alpha value is -2.30. The molecule has 0 saturated heterocycles. The molecule has 4 heteroatoms. The maximum absolute atomic E-state index is 12.5. The Morgan fingerprint density at radius 2 is 1.56 bits per heavy atom. The number of carbonyl (C=O) groups is 2. The van der Waals surface area contributed by atoms with E-state index in [1.165, 1.54) is 6.92 Å². The van der Waals surface area contributed by atoms with Gasteiger partial charge in [0.05, 0.1) is 10.6 Å². The number of thiocarbonyl (C=S) groups is 1. The largest absolute Gasteiger partial charge is 0.300 e. The minimum Gasteiger partial charge on any atom is -0.300 e. The van der Waals surface area contributed by atoms with Crippen molar-refractivity contribution >= 4 is 50.5 Å². The molecule has 3 aromatic carbocycles. The molecule has 0 heterocycles. The third-order valence-corrected chi connectivity index (χ3v) is 5.98. The molecular weight excluding hydrogens is 372 g/mol. The number of ketones is 2. The molecule has 0 fully saturated rings. The monoisotopic (exact) mass is 392 g/mol. The molecule has 0 spiro atoms. The van der Waals surface area contributed by atoms with Gasteiger partial charge in [-0.05, 0) is 35.7 Å². The van der Waals surface area contributed by atoms with E-state index in [0.717, 1.165) is 26.1 Å². The first-order chi connectivity index (χ1) is 13.0. The van der Waals surface area contributed by atoms with E-state index >= 15 is 0 Å². The maximum Gasteiger partial charge on any atom is 0.170 e. The second kappa shape index (κ2) is 8.59. The smallest absolute Gasteiger partial charge is 0.170 e. The minimum absolute atomic E-state index is 0.0638. The molecule has 27 heavy (non-hydrogen) atoms. The van der Waals surface area contributed by atoms with E-state index in [0.29, 0.717) is 5.56 Å². The molecule has 136 valence electrons. The molecule has 0 aliphatic heterocycles. The van der Waals surface area contributed by atoms with Crippen LogP contribution in [-0.4, -0.2) is 15.8 Å². The average Bonchev–Trinajstić information content (AvgIpc) is 2.67. The summed E-state index contributed by atoms with van der Waals surface area (Å²) >= 11 is 7.24. The number of carbonyl (C=O) groups excluding carboxylic acids is 2. The normalized spacial score (nSPS) is 11.9. The van der Waals surface area contributed by atoms with Gasteiger partial charge in [-0.1, -0.05) is 78.9 Å². The van der Waals surface area contributed by atoms with Crippen molar-refractivity contribution in [3.05, 3.63) is 83.4 Å². The van der Waals surface area contributed by atoms with Crippen LogP contribution in [0, 0.1) is 0 Å². The van der Waals surface area contributed by atoms with Gasteiger partial charge in [-0.3, -0.25) is 9.59 Å². The molecule has 1 atom stereocenters. The van der Waals surface area contributed by atoms with Gasteiger partial charge in [-0.25, -0.2) is 0 Å². The summed E-state index contributed by atoms with van der Waals surface area (Å²) in [6, 6.07) is 21.7. The van der Waals surface area contributed by atoms with Crippen LogP contribution in [0.3, 0.4) is 0 Å². The Morgan fingerprint density at radius 3 is 2.22 bits per heavy atom. The summed E-state index contributed by atoms with van der Waals surface area (Å²) in [5.74, 6) is -0.254. The molecule has 0 aliphatic carbocycles. The van der Waals surface area contributed by atoms with Crippen LogP contribution in [0.15, 0.2) is 66.7 Å². The first-order valence-electron chi connectivity index (χ1n) is 8.77. The Balaban J connectivity index is 1.94.